The van der Waals surface area contributed by atoms with Gasteiger partial charge in [0.05, 0.1) is 23.1 Å². The van der Waals surface area contributed by atoms with Gasteiger partial charge in [-0.3, -0.25) is 14.4 Å². The van der Waals surface area contributed by atoms with Gasteiger partial charge in [-0.15, -0.1) is 0 Å². The first-order valence-corrected chi connectivity index (χ1v) is 15.3. The average Bonchev–Trinajstić information content (AvgIpc) is 3.63. The molecule has 0 aromatic heterocycles. The maximum Gasteiger partial charge on any atom is 0.255 e. The Bertz CT molecular complexity index is 1260. The number of hydrogen-bond acceptors (Lipinski definition) is 4. The topological polar surface area (TPSA) is 79.0 Å². The van der Waals surface area contributed by atoms with Gasteiger partial charge >= 0.3 is 0 Å². The molecule has 212 valence electrons. The molecule has 3 amide bonds. The standard InChI is InChI=1S/C33H41N3O4/c37-30(27-14-7-11-25-23-36(31(38)29(25)27)26-12-2-3-13-26)35-20-17-33(18-21-35)16-6-5-10-24-9-1-4-15-28(24)40-22-8-19-34-32(33)39/h1,4,7,9,11,14-15,26H,2-3,5-6,8,10,12-13,16-23H2,(H,34,39). The second-order valence-electron chi connectivity index (χ2n) is 12.1. The highest BCUT2D eigenvalue weighted by Gasteiger charge is 2.43. The van der Waals surface area contributed by atoms with E-state index >= 15 is 0 Å². The molecule has 3 heterocycles. The molecule has 3 aliphatic heterocycles. The number of aryl methyl sites for hydroxylation is 1. The van der Waals surface area contributed by atoms with Crippen LogP contribution in [0.4, 0.5) is 0 Å². The Hall–Kier alpha value is -3.35. The summed E-state index contributed by atoms with van der Waals surface area (Å²) >= 11 is 0. The van der Waals surface area contributed by atoms with Crippen LogP contribution in [-0.2, 0) is 17.8 Å². The van der Waals surface area contributed by atoms with E-state index in [2.05, 4.69) is 17.4 Å². The number of piperidine rings is 1. The normalized spacial score (nSPS) is 22.0. The van der Waals surface area contributed by atoms with Gasteiger partial charge in [0.2, 0.25) is 5.91 Å². The summed E-state index contributed by atoms with van der Waals surface area (Å²) in [6.45, 7) is 2.83. The summed E-state index contributed by atoms with van der Waals surface area (Å²) in [4.78, 5) is 44.6. The van der Waals surface area contributed by atoms with E-state index in [4.69, 9.17) is 4.74 Å². The fourth-order valence-electron chi connectivity index (χ4n) is 7.24. The van der Waals surface area contributed by atoms with Crippen LogP contribution in [0.3, 0.4) is 0 Å². The number of carbonyl (C=O) groups is 3. The number of fused-ring (bicyclic) bond motifs is 2. The van der Waals surface area contributed by atoms with Gasteiger partial charge in [0.1, 0.15) is 5.75 Å². The summed E-state index contributed by atoms with van der Waals surface area (Å²) in [6.07, 6.45) is 10.2. The lowest BCUT2D eigenvalue weighted by Crippen LogP contribution is -2.50. The first-order valence-electron chi connectivity index (χ1n) is 15.3. The SMILES string of the molecule is O=C(c1cccc2c1C(=O)N(C1CCCC1)C2)N1CCC2(CCCCc3ccccc3OCCCNC2=O)CC1. The molecule has 6 rings (SSSR count). The van der Waals surface area contributed by atoms with E-state index in [9.17, 15) is 14.4 Å². The zero-order valence-corrected chi connectivity index (χ0v) is 23.5. The Morgan fingerprint density at radius 1 is 0.875 bits per heavy atom. The van der Waals surface area contributed by atoms with Crippen molar-refractivity contribution in [3.05, 3.63) is 64.7 Å². The molecule has 7 heteroatoms. The number of carbonyl (C=O) groups excluding carboxylic acids is 3. The Kier molecular flexibility index (Phi) is 7.81. The van der Waals surface area contributed by atoms with Crippen molar-refractivity contribution in [3.8, 4) is 5.75 Å². The van der Waals surface area contributed by atoms with Gasteiger partial charge in [-0.1, -0.05) is 49.6 Å². The van der Waals surface area contributed by atoms with Crippen LogP contribution in [0.2, 0.25) is 0 Å². The molecule has 1 aliphatic carbocycles. The number of ether oxygens (including phenoxy) is 1. The Morgan fingerprint density at radius 2 is 1.65 bits per heavy atom. The van der Waals surface area contributed by atoms with Crippen LogP contribution in [0.5, 0.6) is 5.75 Å². The summed E-state index contributed by atoms with van der Waals surface area (Å²) in [5.41, 5.74) is 2.86. The van der Waals surface area contributed by atoms with Crippen molar-refractivity contribution in [1.82, 2.24) is 15.1 Å². The largest absolute Gasteiger partial charge is 0.493 e. The molecule has 1 saturated carbocycles. The lowest BCUT2D eigenvalue weighted by Gasteiger charge is -2.41. The molecular weight excluding hydrogens is 502 g/mol. The monoisotopic (exact) mass is 543 g/mol. The van der Waals surface area contributed by atoms with E-state index in [0.717, 1.165) is 56.3 Å². The molecule has 4 aliphatic rings. The van der Waals surface area contributed by atoms with E-state index in [1.54, 1.807) is 0 Å². The number of nitrogens with zero attached hydrogens (tertiary/aromatic N) is 2. The molecule has 40 heavy (non-hydrogen) atoms. The first kappa shape index (κ1) is 26.9. The molecule has 1 spiro atoms. The van der Waals surface area contributed by atoms with Crippen LogP contribution < -0.4 is 10.1 Å². The van der Waals surface area contributed by atoms with Crippen LogP contribution >= 0.6 is 0 Å². The minimum Gasteiger partial charge on any atom is -0.493 e. The Labute approximate surface area is 237 Å². The molecule has 0 radical (unpaired) electrons. The lowest BCUT2D eigenvalue weighted by atomic mass is 9.73. The zero-order chi connectivity index (χ0) is 27.5. The minimum absolute atomic E-state index is 0.0134. The van der Waals surface area contributed by atoms with Gasteiger partial charge in [0.15, 0.2) is 0 Å². The summed E-state index contributed by atoms with van der Waals surface area (Å²) in [5, 5.41) is 3.18. The van der Waals surface area contributed by atoms with Gasteiger partial charge in [-0.2, -0.15) is 0 Å². The highest BCUT2D eigenvalue weighted by Crippen LogP contribution is 2.39. The Morgan fingerprint density at radius 3 is 2.48 bits per heavy atom. The molecule has 1 saturated heterocycles. The third kappa shape index (κ3) is 5.23. The maximum atomic E-state index is 13.8. The van der Waals surface area contributed by atoms with Crippen molar-refractivity contribution in [1.29, 1.82) is 0 Å². The third-order valence-electron chi connectivity index (χ3n) is 9.64. The van der Waals surface area contributed by atoms with E-state index in [1.807, 2.05) is 40.1 Å². The summed E-state index contributed by atoms with van der Waals surface area (Å²) < 4.78 is 6.01. The molecule has 0 unspecified atom stereocenters. The minimum atomic E-state index is -0.459. The molecular formula is C33H41N3O4. The number of likely N-dealkylation sites (tertiary alicyclic amines) is 1. The van der Waals surface area contributed by atoms with Crippen molar-refractivity contribution in [2.45, 2.75) is 83.2 Å². The van der Waals surface area contributed by atoms with Crippen molar-refractivity contribution in [2.75, 3.05) is 26.2 Å². The van der Waals surface area contributed by atoms with Crippen molar-refractivity contribution in [3.63, 3.8) is 0 Å². The van der Waals surface area contributed by atoms with Gasteiger partial charge in [-0.05, 0) is 74.6 Å². The average molecular weight is 544 g/mol. The molecule has 2 aromatic rings. The molecule has 1 N–H and O–H groups in total. The third-order valence-corrected chi connectivity index (χ3v) is 9.64. The fraction of sp³-hybridized carbons (Fsp3) is 0.545. The number of hydrogen-bond donors (Lipinski definition) is 1. The maximum absolute atomic E-state index is 13.8. The lowest BCUT2D eigenvalue weighted by molar-refractivity contribution is -0.134. The van der Waals surface area contributed by atoms with Gasteiger partial charge < -0.3 is 19.9 Å². The zero-order valence-electron chi connectivity index (χ0n) is 23.5. The number of amides is 3. The predicted molar refractivity (Wildman–Crippen MR) is 153 cm³/mol. The highest BCUT2D eigenvalue weighted by atomic mass is 16.5. The smallest absolute Gasteiger partial charge is 0.255 e. The molecule has 0 atom stereocenters. The van der Waals surface area contributed by atoms with E-state index in [1.165, 1.54) is 18.4 Å². The highest BCUT2D eigenvalue weighted by molar-refractivity contribution is 6.09. The molecule has 0 bridgehead atoms. The Balaban J connectivity index is 1.13. The molecule has 7 nitrogen and oxygen atoms in total. The molecule has 2 fully saturated rings. The number of nitrogens with one attached hydrogen (secondary N) is 1. The predicted octanol–water partition coefficient (Wildman–Crippen LogP) is 5.12. The van der Waals surface area contributed by atoms with Crippen molar-refractivity contribution >= 4 is 17.7 Å². The van der Waals surface area contributed by atoms with Crippen molar-refractivity contribution < 1.29 is 19.1 Å². The van der Waals surface area contributed by atoms with Crippen LogP contribution in [0, 0.1) is 5.41 Å². The van der Waals surface area contributed by atoms with Gasteiger partial charge in [0.25, 0.3) is 11.8 Å². The quantitative estimate of drug-likeness (QED) is 0.570. The first-order chi connectivity index (χ1) is 19.6. The van der Waals surface area contributed by atoms with Crippen LogP contribution in [-0.4, -0.2) is 59.8 Å². The molecule has 2 aromatic carbocycles. The van der Waals surface area contributed by atoms with E-state index in [0.29, 0.717) is 62.8 Å². The second-order valence-corrected chi connectivity index (χ2v) is 12.1. The van der Waals surface area contributed by atoms with E-state index < -0.39 is 5.41 Å². The summed E-state index contributed by atoms with van der Waals surface area (Å²) in [5.74, 6) is 0.998. The van der Waals surface area contributed by atoms with Gasteiger partial charge in [0, 0.05) is 32.2 Å². The van der Waals surface area contributed by atoms with Crippen LogP contribution in [0.25, 0.3) is 0 Å². The van der Waals surface area contributed by atoms with Crippen molar-refractivity contribution in [2.24, 2.45) is 5.41 Å². The number of rotatable bonds is 2. The summed E-state index contributed by atoms with van der Waals surface area (Å²) in [6, 6.07) is 14.2. The number of para-hydroxylation sites is 1. The van der Waals surface area contributed by atoms with Crippen LogP contribution in [0.15, 0.2) is 42.5 Å². The summed E-state index contributed by atoms with van der Waals surface area (Å²) in [7, 11) is 0. The van der Waals surface area contributed by atoms with Crippen LogP contribution in [0.1, 0.15) is 96.1 Å². The number of benzene rings is 2. The van der Waals surface area contributed by atoms with Gasteiger partial charge in [-0.25, -0.2) is 0 Å². The second kappa shape index (κ2) is 11.6. The van der Waals surface area contributed by atoms with E-state index in [-0.39, 0.29) is 17.7 Å². The fourth-order valence-corrected chi connectivity index (χ4v) is 7.24.